The van der Waals surface area contributed by atoms with E-state index in [2.05, 4.69) is 5.32 Å². The molecule has 0 spiro atoms. The molecule has 21 heavy (non-hydrogen) atoms. The first kappa shape index (κ1) is 14.6. The van der Waals surface area contributed by atoms with Crippen LogP contribution in [-0.2, 0) is 17.8 Å². The van der Waals surface area contributed by atoms with Gasteiger partial charge in [-0.25, -0.2) is 4.79 Å². The number of aromatic carboxylic acids is 1. The Morgan fingerprint density at radius 2 is 1.86 bits per heavy atom. The number of phenolic OH excluding ortho intramolecular Hbond substituents is 1. The maximum absolute atomic E-state index is 11.8. The third-order valence-corrected chi connectivity index (χ3v) is 3.03. The number of carbonyl (C=O) groups is 2. The Morgan fingerprint density at radius 1 is 1.14 bits per heavy atom. The smallest absolute Gasteiger partial charge is 0.352 e. The molecule has 0 unspecified atom stereocenters. The third kappa shape index (κ3) is 4.10. The van der Waals surface area contributed by atoms with Crippen molar-refractivity contribution in [1.29, 1.82) is 0 Å². The van der Waals surface area contributed by atoms with E-state index >= 15 is 0 Å². The molecule has 0 aliphatic carbocycles. The van der Waals surface area contributed by atoms with E-state index in [0.717, 1.165) is 5.56 Å². The van der Waals surface area contributed by atoms with Crippen LogP contribution in [0.5, 0.6) is 5.75 Å². The van der Waals surface area contributed by atoms with Gasteiger partial charge in [0.05, 0.1) is 0 Å². The molecule has 3 N–H and O–H groups in total. The number of aromatic nitrogens is 1. The molecular weight excluding hydrogens is 272 g/mol. The summed E-state index contributed by atoms with van der Waals surface area (Å²) in [5, 5.41) is 20.8. The number of rotatable bonds is 6. The van der Waals surface area contributed by atoms with Crippen LogP contribution in [-0.4, -0.2) is 33.2 Å². The Morgan fingerprint density at radius 3 is 2.52 bits per heavy atom. The SMILES string of the molecule is O=C(Cn1cccc1C(=O)O)NCCc1ccc(O)cc1. The first-order valence-corrected chi connectivity index (χ1v) is 6.49. The van der Waals surface area contributed by atoms with Crippen LogP contribution in [0.3, 0.4) is 0 Å². The minimum absolute atomic E-state index is 0.0236. The zero-order valence-electron chi connectivity index (χ0n) is 11.3. The summed E-state index contributed by atoms with van der Waals surface area (Å²) < 4.78 is 1.39. The molecule has 1 heterocycles. The van der Waals surface area contributed by atoms with Crippen molar-refractivity contribution in [3.63, 3.8) is 0 Å². The average molecular weight is 288 g/mol. The highest BCUT2D eigenvalue weighted by atomic mass is 16.4. The number of hydrogen-bond donors (Lipinski definition) is 3. The van der Waals surface area contributed by atoms with Crippen LogP contribution in [0.1, 0.15) is 16.1 Å². The standard InChI is InChI=1S/C15H16N2O4/c18-12-5-3-11(4-6-12)7-8-16-14(19)10-17-9-1-2-13(17)15(20)21/h1-6,9,18H,7-8,10H2,(H,16,19)(H,20,21). The summed E-state index contributed by atoms with van der Waals surface area (Å²) in [6.07, 6.45) is 2.20. The lowest BCUT2D eigenvalue weighted by Gasteiger charge is -2.08. The van der Waals surface area contributed by atoms with E-state index in [0.29, 0.717) is 13.0 Å². The van der Waals surface area contributed by atoms with Crippen molar-refractivity contribution in [1.82, 2.24) is 9.88 Å². The zero-order valence-corrected chi connectivity index (χ0v) is 11.3. The Hall–Kier alpha value is -2.76. The second kappa shape index (κ2) is 6.60. The Bertz CT molecular complexity index is 631. The molecule has 1 aromatic heterocycles. The van der Waals surface area contributed by atoms with E-state index < -0.39 is 5.97 Å². The minimum Gasteiger partial charge on any atom is -0.508 e. The lowest BCUT2D eigenvalue weighted by molar-refractivity contribution is -0.121. The highest BCUT2D eigenvalue weighted by Gasteiger charge is 2.11. The van der Waals surface area contributed by atoms with Crippen molar-refractivity contribution in [2.24, 2.45) is 0 Å². The summed E-state index contributed by atoms with van der Waals surface area (Å²) in [5.41, 5.74) is 1.09. The molecule has 0 saturated carbocycles. The van der Waals surface area contributed by atoms with E-state index in [-0.39, 0.29) is 23.9 Å². The molecule has 0 atom stereocenters. The zero-order chi connectivity index (χ0) is 15.2. The molecule has 110 valence electrons. The van der Waals surface area contributed by atoms with Crippen LogP contribution in [0.25, 0.3) is 0 Å². The summed E-state index contributed by atoms with van der Waals surface area (Å²) in [6.45, 7) is 0.428. The van der Waals surface area contributed by atoms with Crippen LogP contribution in [0.2, 0.25) is 0 Å². The van der Waals surface area contributed by atoms with Gasteiger partial charge in [-0.3, -0.25) is 4.79 Å². The molecule has 0 saturated heterocycles. The Kier molecular flexibility index (Phi) is 4.61. The van der Waals surface area contributed by atoms with Crippen molar-refractivity contribution in [3.8, 4) is 5.75 Å². The van der Waals surface area contributed by atoms with Gasteiger partial charge in [-0.2, -0.15) is 0 Å². The van der Waals surface area contributed by atoms with Gasteiger partial charge >= 0.3 is 5.97 Å². The lowest BCUT2D eigenvalue weighted by Crippen LogP contribution is -2.30. The molecule has 2 aromatic rings. The van der Waals surface area contributed by atoms with E-state index in [1.807, 2.05) is 0 Å². The molecule has 0 radical (unpaired) electrons. The first-order valence-electron chi connectivity index (χ1n) is 6.49. The van der Waals surface area contributed by atoms with Crippen LogP contribution in [0.15, 0.2) is 42.6 Å². The molecule has 0 fully saturated rings. The van der Waals surface area contributed by atoms with Gasteiger partial charge < -0.3 is 20.1 Å². The minimum atomic E-state index is -1.06. The number of hydrogen-bond acceptors (Lipinski definition) is 3. The number of amides is 1. The maximum Gasteiger partial charge on any atom is 0.352 e. The molecule has 1 amide bonds. The first-order chi connectivity index (χ1) is 10.1. The van der Waals surface area contributed by atoms with E-state index in [1.165, 1.54) is 10.6 Å². The summed E-state index contributed by atoms with van der Waals surface area (Å²) in [7, 11) is 0. The second-order valence-electron chi connectivity index (χ2n) is 4.59. The summed E-state index contributed by atoms with van der Waals surface area (Å²) >= 11 is 0. The number of benzene rings is 1. The number of carbonyl (C=O) groups excluding carboxylic acids is 1. The van der Waals surface area contributed by atoms with Gasteiger partial charge in [0, 0.05) is 12.7 Å². The van der Waals surface area contributed by atoms with Crippen LogP contribution in [0, 0.1) is 0 Å². The van der Waals surface area contributed by atoms with Crippen LogP contribution in [0.4, 0.5) is 0 Å². The molecule has 0 aliphatic rings. The highest BCUT2D eigenvalue weighted by molar-refractivity contribution is 5.86. The predicted octanol–water partition coefficient (Wildman–Crippen LogP) is 1.25. The van der Waals surface area contributed by atoms with Crippen molar-refractivity contribution < 1.29 is 19.8 Å². The normalized spacial score (nSPS) is 10.3. The van der Waals surface area contributed by atoms with Crippen molar-refractivity contribution in [3.05, 3.63) is 53.9 Å². The second-order valence-corrected chi connectivity index (χ2v) is 4.59. The molecule has 1 aromatic carbocycles. The van der Waals surface area contributed by atoms with Crippen LogP contribution < -0.4 is 5.32 Å². The number of phenols is 1. The fourth-order valence-electron chi connectivity index (χ4n) is 1.97. The fraction of sp³-hybridized carbons (Fsp3) is 0.200. The monoisotopic (exact) mass is 288 g/mol. The third-order valence-electron chi connectivity index (χ3n) is 3.03. The highest BCUT2D eigenvalue weighted by Crippen LogP contribution is 2.09. The van der Waals surface area contributed by atoms with Gasteiger partial charge in [-0.1, -0.05) is 12.1 Å². The molecule has 6 heteroatoms. The van der Waals surface area contributed by atoms with Gasteiger partial charge in [0.2, 0.25) is 5.91 Å². The molecule has 0 aliphatic heterocycles. The summed E-state index contributed by atoms with van der Waals surface area (Å²) in [6, 6.07) is 9.80. The molecule has 2 rings (SSSR count). The van der Waals surface area contributed by atoms with Gasteiger partial charge in [0.15, 0.2) is 0 Å². The topological polar surface area (TPSA) is 91.6 Å². The summed E-state index contributed by atoms with van der Waals surface area (Å²) in [5.74, 6) is -1.10. The molecule has 6 nitrogen and oxygen atoms in total. The van der Waals surface area contributed by atoms with E-state index in [1.54, 1.807) is 36.5 Å². The molecular formula is C15H16N2O4. The van der Waals surface area contributed by atoms with Crippen LogP contribution >= 0.6 is 0 Å². The Labute approximate surface area is 121 Å². The molecule has 0 bridgehead atoms. The number of carboxylic acids is 1. The fourth-order valence-corrected chi connectivity index (χ4v) is 1.97. The van der Waals surface area contributed by atoms with Crippen molar-refractivity contribution >= 4 is 11.9 Å². The van der Waals surface area contributed by atoms with Crippen molar-refractivity contribution in [2.75, 3.05) is 6.54 Å². The van der Waals surface area contributed by atoms with Crippen molar-refractivity contribution in [2.45, 2.75) is 13.0 Å². The largest absolute Gasteiger partial charge is 0.508 e. The number of aromatic hydroxyl groups is 1. The quantitative estimate of drug-likeness (QED) is 0.746. The van der Waals surface area contributed by atoms with Gasteiger partial charge in [-0.05, 0) is 36.2 Å². The van der Waals surface area contributed by atoms with E-state index in [4.69, 9.17) is 10.2 Å². The number of carboxylic acid groups (broad SMARTS) is 1. The summed E-state index contributed by atoms with van der Waals surface area (Å²) in [4.78, 5) is 22.7. The predicted molar refractivity (Wildman–Crippen MR) is 76.2 cm³/mol. The number of nitrogens with one attached hydrogen (secondary N) is 1. The Balaban J connectivity index is 1.81. The average Bonchev–Trinajstić information content (AvgIpc) is 2.89. The van der Waals surface area contributed by atoms with Gasteiger partial charge in [0.1, 0.15) is 18.0 Å². The van der Waals surface area contributed by atoms with Gasteiger partial charge in [0.25, 0.3) is 0 Å². The lowest BCUT2D eigenvalue weighted by atomic mass is 10.1. The number of nitrogens with zero attached hydrogens (tertiary/aromatic N) is 1. The maximum atomic E-state index is 11.8. The van der Waals surface area contributed by atoms with E-state index in [9.17, 15) is 9.59 Å². The van der Waals surface area contributed by atoms with Gasteiger partial charge in [-0.15, -0.1) is 0 Å².